The molecule has 15 heavy (non-hydrogen) atoms. The molecule has 0 N–H and O–H groups in total. The minimum Gasteiger partial charge on any atom is -0.199 e. The molecule has 3 nitrogen and oxygen atoms in total. The van der Waals surface area contributed by atoms with Crippen LogP contribution in [0.4, 0.5) is 0 Å². The normalized spacial score (nSPS) is 43.5. The molecule has 3 unspecified atom stereocenters. The van der Waals surface area contributed by atoms with Gasteiger partial charge >= 0.3 is 0 Å². The second kappa shape index (κ2) is 3.32. The van der Waals surface area contributed by atoms with Crippen molar-refractivity contribution in [3.05, 3.63) is 0 Å². The van der Waals surface area contributed by atoms with Gasteiger partial charge in [-0.25, -0.2) is 0 Å². The molecule has 0 aromatic heterocycles. The molecule has 2 aliphatic carbocycles. The predicted molar refractivity (Wildman–Crippen MR) is 67.0 cm³/mol. The lowest BCUT2D eigenvalue weighted by atomic mass is 9.71. The first kappa shape index (κ1) is 12.1. The van der Waals surface area contributed by atoms with E-state index >= 15 is 0 Å². The van der Waals surface area contributed by atoms with E-state index in [9.17, 15) is 8.42 Å². The van der Waals surface area contributed by atoms with E-state index in [1.807, 2.05) is 0 Å². The molecule has 2 aliphatic rings. The Kier molecular flexibility index (Phi) is 2.68. The zero-order valence-corrected chi connectivity index (χ0v) is 12.3. The van der Waals surface area contributed by atoms with Crippen LogP contribution in [0.25, 0.3) is 0 Å². The monoisotopic (exact) mass is 344 g/mol. The molecule has 2 fully saturated rings. The Labute approximate surface area is 106 Å². The Hall–Kier alpha value is 0.640. The van der Waals surface area contributed by atoms with Gasteiger partial charge in [0, 0.05) is 0 Å². The molecule has 5 heteroatoms. The van der Waals surface area contributed by atoms with Crippen molar-refractivity contribution >= 4 is 33.1 Å². The van der Waals surface area contributed by atoms with E-state index in [1.165, 1.54) is 23.0 Å². The van der Waals surface area contributed by atoms with E-state index in [1.54, 1.807) is 0 Å². The van der Waals surface area contributed by atoms with Crippen molar-refractivity contribution in [2.75, 3.05) is 0 Å². The molecule has 2 rings (SSSR count). The van der Waals surface area contributed by atoms with Crippen LogP contribution in [-0.4, -0.2) is 13.7 Å². The molecule has 0 radical (unpaired) electrons. The summed E-state index contributed by atoms with van der Waals surface area (Å²) in [7, 11) is -3.37. The SMILES string of the molecule is CC1(C)C2CCC1(C)C(S(=O)(=O)OI)C2. The maximum absolute atomic E-state index is 11.9. The molecule has 0 aromatic carbocycles. The summed E-state index contributed by atoms with van der Waals surface area (Å²) >= 11 is 1.49. The standard InChI is InChI=1S/C10H17IO3S/c1-9(2)7-4-5-10(9,3)8(6-7)15(12,13)14-11/h7-8H,4-6H2,1-3H3. The lowest BCUT2D eigenvalue weighted by Gasteiger charge is -2.37. The highest BCUT2D eigenvalue weighted by Crippen LogP contribution is 2.67. The molecule has 0 saturated heterocycles. The van der Waals surface area contributed by atoms with Gasteiger partial charge in [0.25, 0.3) is 10.1 Å². The molecule has 0 spiro atoms. The van der Waals surface area contributed by atoms with Crippen LogP contribution < -0.4 is 0 Å². The van der Waals surface area contributed by atoms with Crippen LogP contribution in [0.5, 0.6) is 0 Å². The first-order valence-corrected chi connectivity index (χ1v) is 7.65. The van der Waals surface area contributed by atoms with Crippen LogP contribution in [0.15, 0.2) is 0 Å². The lowest BCUT2D eigenvalue weighted by molar-refractivity contribution is 0.152. The van der Waals surface area contributed by atoms with Crippen LogP contribution in [0.1, 0.15) is 40.0 Å². The van der Waals surface area contributed by atoms with Gasteiger partial charge < -0.3 is 0 Å². The number of hydrogen-bond donors (Lipinski definition) is 0. The van der Waals surface area contributed by atoms with E-state index in [4.69, 9.17) is 0 Å². The minimum absolute atomic E-state index is 0.109. The van der Waals surface area contributed by atoms with E-state index in [-0.39, 0.29) is 16.1 Å². The second-order valence-corrected chi connectivity index (χ2v) is 8.41. The third-order valence-corrected chi connectivity index (χ3v) is 8.24. The molecule has 0 aliphatic heterocycles. The van der Waals surface area contributed by atoms with E-state index < -0.39 is 10.1 Å². The van der Waals surface area contributed by atoms with Crippen molar-refractivity contribution in [1.29, 1.82) is 0 Å². The van der Waals surface area contributed by atoms with Gasteiger partial charge in [0.15, 0.2) is 0 Å². The molecule has 2 bridgehead atoms. The van der Waals surface area contributed by atoms with Gasteiger partial charge in [-0.15, -0.1) is 0 Å². The fraction of sp³-hybridized carbons (Fsp3) is 1.00. The van der Waals surface area contributed by atoms with Crippen LogP contribution in [-0.2, 0) is 12.6 Å². The van der Waals surface area contributed by atoms with E-state index in [2.05, 4.69) is 23.3 Å². The quantitative estimate of drug-likeness (QED) is 0.724. The average Bonchev–Trinajstić information content (AvgIpc) is 2.49. The fourth-order valence-corrected chi connectivity index (χ4v) is 5.98. The lowest BCUT2D eigenvalue weighted by Crippen LogP contribution is -2.40. The Morgan fingerprint density at radius 2 is 1.93 bits per heavy atom. The van der Waals surface area contributed by atoms with Crippen molar-refractivity contribution < 1.29 is 10.9 Å². The maximum Gasteiger partial charge on any atom is 0.279 e. The largest absolute Gasteiger partial charge is 0.279 e. The topological polar surface area (TPSA) is 43.4 Å². The summed E-state index contributed by atoms with van der Waals surface area (Å²) in [5.74, 6) is 0.536. The number of rotatable bonds is 2. The van der Waals surface area contributed by atoms with E-state index in [0.29, 0.717) is 5.92 Å². The van der Waals surface area contributed by atoms with Crippen LogP contribution in [0.3, 0.4) is 0 Å². The highest BCUT2D eigenvalue weighted by Gasteiger charge is 2.65. The zero-order chi connectivity index (χ0) is 11.5. The van der Waals surface area contributed by atoms with Gasteiger partial charge in [-0.05, 0) is 36.0 Å². The minimum atomic E-state index is -3.37. The van der Waals surface area contributed by atoms with Crippen molar-refractivity contribution in [3.63, 3.8) is 0 Å². The summed E-state index contributed by atoms with van der Waals surface area (Å²) < 4.78 is 28.4. The molecule has 0 amide bonds. The van der Waals surface area contributed by atoms with Crippen LogP contribution >= 0.6 is 23.0 Å². The Morgan fingerprint density at radius 1 is 1.33 bits per heavy atom. The molecule has 88 valence electrons. The molecular formula is C10H17IO3S. The third kappa shape index (κ3) is 1.42. The summed E-state index contributed by atoms with van der Waals surface area (Å²) in [5, 5.41) is -0.310. The Bertz CT molecular complexity index is 376. The smallest absolute Gasteiger partial charge is 0.199 e. The number of fused-ring (bicyclic) bond motifs is 2. The summed E-state index contributed by atoms with van der Waals surface area (Å²) in [5.41, 5.74) is 0.0155. The molecule has 3 atom stereocenters. The number of halogens is 1. The average molecular weight is 344 g/mol. The van der Waals surface area contributed by atoms with Crippen LogP contribution in [0.2, 0.25) is 0 Å². The maximum atomic E-state index is 11.9. The third-order valence-electron chi connectivity index (χ3n) is 5.15. The summed E-state index contributed by atoms with van der Waals surface area (Å²) in [6, 6.07) is 0. The predicted octanol–water partition coefficient (Wildman–Crippen LogP) is 2.90. The van der Waals surface area contributed by atoms with Gasteiger partial charge in [0.2, 0.25) is 0 Å². The van der Waals surface area contributed by atoms with Crippen molar-refractivity contribution in [3.8, 4) is 0 Å². The van der Waals surface area contributed by atoms with Crippen molar-refractivity contribution in [2.45, 2.75) is 45.3 Å². The van der Waals surface area contributed by atoms with E-state index in [0.717, 1.165) is 19.3 Å². The summed E-state index contributed by atoms with van der Waals surface area (Å²) in [4.78, 5) is 0. The van der Waals surface area contributed by atoms with Gasteiger partial charge in [-0.2, -0.15) is 10.9 Å². The highest BCUT2D eigenvalue weighted by atomic mass is 127. The molecule has 0 heterocycles. The second-order valence-electron chi connectivity index (χ2n) is 5.65. The van der Waals surface area contributed by atoms with Gasteiger partial charge in [0.1, 0.15) is 23.0 Å². The Morgan fingerprint density at radius 3 is 2.27 bits per heavy atom. The first-order valence-electron chi connectivity index (χ1n) is 5.30. The van der Waals surface area contributed by atoms with Crippen molar-refractivity contribution in [2.24, 2.45) is 16.7 Å². The van der Waals surface area contributed by atoms with Gasteiger partial charge in [-0.1, -0.05) is 20.8 Å². The summed E-state index contributed by atoms with van der Waals surface area (Å²) in [6.45, 7) is 6.51. The zero-order valence-electron chi connectivity index (χ0n) is 9.29. The van der Waals surface area contributed by atoms with Gasteiger partial charge in [-0.3, -0.25) is 0 Å². The first-order chi connectivity index (χ1) is 6.75. The fourth-order valence-electron chi connectivity index (χ4n) is 3.61. The molecule has 2 saturated carbocycles. The highest BCUT2D eigenvalue weighted by molar-refractivity contribution is 14.1. The van der Waals surface area contributed by atoms with Crippen LogP contribution in [0, 0.1) is 16.7 Å². The summed E-state index contributed by atoms with van der Waals surface area (Å²) in [6.07, 6.45) is 2.94. The van der Waals surface area contributed by atoms with Crippen molar-refractivity contribution in [1.82, 2.24) is 0 Å². The number of hydrogen-bond acceptors (Lipinski definition) is 3. The molecular weight excluding hydrogens is 327 g/mol. The molecule has 0 aromatic rings. The van der Waals surface area contributed by atoms with Gasteiger partial charge in [0.05, 0.1) is 5.25 Å². The Balaban J connectivity index is 2.43.